The summed E-state index contributed by atoms with van der Waals surface area (Å²) in [6, 6.07) is 6.09. The highest BCUT2D eigenvalue weighted by Crippen LogP contribution is 2.30. The fourth-order valence-corrected chi connectivity index (χ4v) is 5.24. The maximum Gasteiger partial charge on any atom is 0.417 e. The van der Waals surface area contributed by atoms with Gasteiger partial charge in [-0.3, -0.25) is 4.79 Å². The van der Waals surface area contributed by atoms with Gasteiger partial charge in [-0.05, 0) is 42.3 Å². The van der Waals surface area contributed by atoms with Crippen molar-refractivity contribution in [2.24, 2.45) is 0 Å². The number of pyridine rings is 1. The Hall–Kier alpha value is -2.70. The van der Waals surface area contributed by atoms with Gasteiger partial charge in [0.25, 0.3) is 0 Å². The van der Waals surface area contributed by atoms with Crippen LogP contribution < -0.4 is 4.90 Å². The SMILES string of the molecule is COC[C@@H]1CN(S(=O)(=O)c2ccc(C)c(CC(=O)O)c2)CCN1c1ccc(C(F)(F)F)cn1. The van der Waals surface area contributed by atoms with E-state index in [1.807, 2.05) is 0 Å². The maximum atomic E-state index is 13.3. The van der Waals surface area contributed by atoms with Gasteiger partial charge in [-0.2, -0.15) is 17.5 Å². The molecule has 3 rings (SSSR count). The highest BCUT2D eigenvalue weighted by Gasteiger charge is 2.36. The quantitative estimate of drug-likeness (QED) is 0.641. The van der Waals surface area contributed by atoms with E-state index >= 15 is 0 Å². The van der Waals surface area contributed by atoms with Crippen molar-refractivity contribution in [2.45, 2.75) is 30.5 Å². The number of methoxy groups -OCH3 is 1. The topological polar surface area (TPSA) is 100 Å². The monoisotopic (exact) mass is 487 g/mol. The maximum absolute atomic E-state index is 13.3. The Bertz CT molecular complexity index is 1110. The summed E-state index contributed by atoms with van der Waals surface area (Å²) < 4.78 is 71.6. The molecular weight excluding hydrogens is 463 g/mol. The fraction of sp³-hybridized carbons (Fsp3) is 0.429. The summed E-state index contributed by atoms with van der Waals surface area (Å²) in [5, 5.41) is 9.08. The van der Waals surface area contributed by atoms with Gasteiger partial charge in [0.2, 0.25) is 10.0 Å². The summed E-state index contributed by atoms with van der Waals surface area (Å²) in [6.45, 7) is 2.14. The Labute approximate surface area is 189 Å². The summed E-state index contributed by atoms with van der Waals surface area (Å²) in [4.78, 5) is 16.7. The molecule has 1 atom stereocenters. The van der Waals surface area contributed by atoms with E-state index in [0.717, 1.165) is 12.3 Å². The van der Waals surface area contributed by atoms with Gasteiger partial charge in [0.05, 0.1) is 29.5 Å². The van der Waals surface area contributed by atoms with Crippen molar-refractivity contribution in [3.8, 4) is 0 Å². The average Bonchev–Trinajstić information content (AvgIpc) is 2.74. The number of carbonyl (C=O) groups is 1. The number of hydrogen-bond donors (Lipinski definition) is 1. The molecule has 1 saturated heterocycles. The highest BCUT2D eigenvalue weighted by molar-refractivity contribution is 7.89. The van der Waals surface area contributed by atoms with Crippen molar-refractivity contribution in [2.75, 3.05) is 38.3 Å². The zero-order chi connectivity index (χ0) is 24.4. The third kappa shape index (κ3) is 5.63. The Morgan fingerprint density at radius 2 is 1.97 bits per heavy atom. The largest absolute Gasteiger partial charge is 0.481 e. The number of halogens is 3. The van der Waals surface area contributed by atoms with E-state index < -0.39 is 33.8 Å². The summed E-state index contributed by atoms with van der Waals surface area (Å²) in [5.74, 6) is -0.772. The van der Waals surface area contributed by atoms with Crippen molar-refractivity contribution in [1.29, 1.82) is 0 Å². The van der Waals surface area contributed by atoms with E-state index in [1.54, 1.807) is 17.9 Å². The molecule has 1 N–H and O–H groups in total. The normalized spacial score (nSPS) is 17.8. The second kappa shape index (κ2) is 9.65. The number of ether oxygens (including phenoxy) is 1. The van der Waals surface area contributed by atoms with Crippen LogP contribution in [0.5, 0.6) is 0 Å². The molecule has 0 spiro atoms. The number of carboxylic acid groups (broad SMARTS) is 1. The van der Waals surface area contributed by atoms with Crippen molar-refractivity contribution in [3.05, 3.63) is 53.2 Å². The molecule has 1 aromatic carbocycles. The summed E-state index contributed by atoms with van der Waals surface area (Å²) >= 11 is 0. The molecule has 2 aromatic rings. The Kier molecular flexibility index (Phi) is 7.29. The van der Waals surface area contributed by atoms with Gasteiger partial charge in [-0.1, -0.05) is 6.07 Å². The number of anilines is 1. The third-order valence-electron chi connectivity index (χ3n) is 5.47. The smallest absolute Gasteiger partial charge is 0.417 e. The molecule has 0 bridgehead atoms. The first-order valence-corrected chi connectivity index (χ1v) is 11.5. The number of carboxylic acids is 1. The molecule has 8 nitrogen and oxygen atoms in total. The van der Waals surface area contributed by atoms with Gasteiger partial charge < -0.3 is 14.7 Å². The molecule has 1 aliphatic heterocycles. The number of piperazine rings is 1. The first kappa shape index (κ1) is 24.9. The average molecular weight is 488 g/mol. The van der Waals surface area contributed by atoms with Gasteiger partial charge in [-0.15, -0.1) is 0 Å². The lowest BCUT2D eigenvalue weighted by atomic mass is 10.1. The zero-order valence-corrected chi connectivity index (χ0v) is 18.9. The number of aromatic nitrogens is 1. The third-order valence-corrected chi connectivity index (χ3v) is 7.34. The molecule has 2 heterocycles. The molecule has 1 aliphatic rings. The number of aliphatic carboxylic acids is 1. The summed E-state index contributed by atoms with van der Waals surface area (Å²) in [6.07, 6.45) is -4.05. The van der Waals surface area contributed by atoms with Gasteiger partial charge in [0.15, 0.2) is 0 Å². The molecule has 1 fully saturated rings. The van der Waals surface area contributed by atoms with Crippen molar-refractivity contribution in [3.63, 3.8) is 0 Å². The lowest BCUT2D eigenvalue weighted by molar-refractivity contribution is -0.138. The number of hydrogen-bond acceptors (Lipinski definition) is 6. The van der Waals surface area contributed by atoms with E-state index in [1.165, 1.54) is 29.6 Å². The zero-order valence-electron chi connectivity index (χ0n) is 18.0. The van der Waals surface area contributed by atoms with Crippen molar-refractivity contribution in [1.82, 2.24) is 9.29 Å². The number of benzene rings is 1. The lowest BCUT2D eigenvalue weighted by Gasteiger charge is -2.41. The van der Waals surface area contributed by atoms with E-state index in [-0.39, 0.29) is 37.6 Å². The van der Waals surface area contributed by atoms with Crippen LogP contribution in [0.4, 0.5) is 19.0 Å². The number of nitrogens with zero attached hydrogens (tertiary/aromatic N) is 3. The van der Waals surface area contributed by atoms with Crippen LogP contribution in [0.15, 0.2) is 41.4 Å². The second-order valence-corrected chi connectivity index (χ2v) is 9.67. The molecule has 0 aliphatic carbocycles. The van der Waals surface area contributed by atoms with Crippen LogP contribution in [-0.4, -0.2) is 68.2 Å². The van der Waals surface area contributed by atoms with Crippen LogP contribution >= 0.6 is 0 Å². The molecule has 0 unspecified atom stereocenters. The molecular formula is C21H24F3N3O5S. The van der Waals surface area contributed by atoms with Crippen LogP contribution in [0.2, 0.25) is 0 Å². The molecule has 1 aromatic heterocycles. The minimum absolute atomic E-state index is 0.0124. The fourth-order valence-electron chi connectivity index (χ4n) is 3.72. The minimum atomic E-state index is -4.50. The van der Waals surface area contributed by atoms with E-state index in [2.05, 4.69) is 4.98 Å². The molecule has 12 heteroatoms. The Balaban J connectivity index is 1.84. The lowest BCUT2D eigenvalue weighted by Crippen LogP contribution is -2.56. The molecule has 33 heavy (non-hydrogen) atoms. The Morgan fingerprint density at radius 3 is 2.55 bits per heavy atom. The van der Waals surface area contributed by atoms with E-state index in [4.69, 9.17) is 9.84 Å². The summed E-state index contributed by atoms with van der Waals surface area (Å²) in [7, 11) is -2.48. The molecule has 0 saturated carbocycles. The predicted octanol–water partition coefficient (Wildman–Crippen LogP) is 2.56. The predicted molar refractivity (Wildman–Crippen MR) is 114 cm³/mol. The first-order valence-electron chi connectivity index (χ1n) is 10.0. The summed E-state index contributed by atoms with van der Waals surface area (Å²) in [5.41, 5.74) is 0.212. The number of sulfonamides is 1. The molecule has 180 valence electrons. The Morgan fingerprint density at radius 1 is 1.24 bits per heavy atom. The number of aryl methyl sites for hydroxylation is 1. The highest BCUT2D eigenvalue weighted by atomic mass is 32.2. The van der Waals surface area contributed by atoms with Crippen LogP contribution in [0.3, 0.4) is 0 Å². The first-order chi connectivity index (χ1) is 15.4. The number of alkyl halides is 3. The van der Waals surface area contributed by atoms with Gasteiger partial charge in [0, 0.05) is 32.9 Å². The molecule has 0 amide bonds. The van der Waals surface area contributed by atoms with Crippen LogP contribution in [0.25, 0.3) is 0 Å². The van der Waals surface area contributed by atoms with E-state index in [9.17, 15) is 26.4 Å². The van der Waals surface area contributed by atoms with E-state index in [0.29, 0.717) is 16.9 Å². The van der Waals surface area contributed by atoms with Crippen LogP contribution in [0, 0.1) is 6.92 Å². The second-order valence-electron chi connectivity index (χ2n) is 7.73. The van der Waals surface area contributed by atoms with Gasteiger partial charge in [-0.25, -0.2) is 13.4 Å². The van der Waals surface area contributed by atoms with Crippen LogP contribution in [0.1, 0.15) is 16.7 Å². The van der Waals surface area contributed by atoms with Gasteiger partial charge in [0.1, 0.15) is 5.82 Å². The number of rotatable bonds is 7. The molecule has 0 radical (unpaired) electrons. The van der Waals surface area contributed by atoms with Gasteiger partial charge >= 0.3 is 12.1 Å². The van der Waals surface area contributed by atoms with Crippen LogP contribution in [-0.2, 0) is 32.2 Å². The van der Waals surface area contributed by atoms with Crippen molar-refractivity contribution < 1.29 is 36.2 Å². The minimum Gasteiger partial charge on any atom is -0.481 e. The van der Waals surface area contributed by atoms with Crippen molar-refractivity contribution >= 4 is 21.8 Å². The standard InChI is InChI=1S/C21H24F3N3O5S/c1-14-3-5-18(9-15(14)10-20(28)29)33(30,31)26-7-8-27(17(12-26)13-32-2)19-6-4-16(11-25-19)21(22,23)24/h3-6,9,11,17H,7-8,10,12-13H2,1-2H3,(H,28,29)/t17-/m0/s1.